The van der Waals surface area contributed by atoms with Crippen LogP contribution in [0.5, 0.6) is 0 Å². The molecule has 0 bridgehead atoms. The molecule has 2 saturated heterocycles. The summed E-state index contributed by atoms with van der Waals surface area (Å²) in [5, 5.41) is 60.7. The molecule has 0 unspecified atom stereocenters. The summed E-state index contributed by atoms with van der Waals surface area (Å²) in [4.78, 5) is 8.89. The number of azo groups is 1. The number of primary sulfonamides is 3. The summed E-state index contributed by atoms with van der Waals surface area (Å²) in [5.74, 6) is 5.27. The molecule has 0 amide bonds. The van der Waals surface area contributed by atoms with Crippen LogP contribution < -0.4 is 37.5 Å². The number of hydrogen-bond acceptors (Lipinski definition) is 20. The molecule has 0 atom stereocenters. The van der Waals surface area contributed by atoms with Gasteiger partial charge in [0.1, 0.15) is 5.82 Å². The van der Waals surface area contributed by atoms with Crippen LogP contribution in [0.15, 0.2) is 109 Å². The Labute approximate surface area is 544 Å². The highest BCUT2D eigenvalue weighted by atomic mass is 32.2. The third-order valence-electron chi connectivity index (χ3n) is 19.9. The van der Waals surface area contributed by atoms with E-state index in [2.05, 4.69) is 104 Å². The van der Waals surface area contributed by atoms with E-state index in [0.29, 0.717) is 106 Å². The molecular weight excluding hydrogens is 1240 g/mol. The number of sulfonamides is 3. The molecule has 93 heavy (non-hydrogen) atoms. The van der Waals surface area contributed by atoms with Gasteiger partial charge < -0.3 is 22.1 Å². The predicted molar refractivity (Wildman–Crippen MR) is 357 cm³/mol. The molecular formula is C65H87N19O6S3. The van der Waals surface area contributed by atoms with Crippen molar-refractivity contribution in [1.82, 2.24) is 56.9 Å². The van der Waals surface area contributed by atoms with Gasteiger partial charge in [-0.1, -0.05) is 100 Å². The van der Waals surface area contributed by atoms with Crippen molar-refractivity contribution in [2.24, 2.45) is 71.9 Å². The number of aromatic amines is 2. The van der Waals surface area contributed by atoms with E-state index in [1.54, 1.807) is 18.3 Å². The number of rotatable bonds is 17. The number of tetrazole rings is 2. The molecule has 3 aliphatic carbocycles. The van der Waals surface area contributed by atoms with Crippen molar-refractivity contribution >= 4 is 41.7 Å². The number of aliphatic imine (C=N–C) groups is 1. The van der Waals surface area contributed by atoms with Crippen molar-refractivity contribution in [2.45, 2.75) is 150 Å². The molecule has 4 aromatic carbocycles. The summed E-state index contributed by atoms with van der Waals surface area (Å²) in [6.07, 6.45) is 18.8. The maximum Gasteiger partial charge on any atom is 0.239 e. The summed E-state index contributed by atoms with van der Waals surface area (Å²) < 4.78 is 77.0. The lowest BCUT2D eigenvalue weighted by atomic mass is 9.76. The fourth-order valence-corrected chi connectivity index (χ4v) is 17.6. The summed E-state index contributed by atoms with van der Waals surface area (Å²) >= 11 is 0. The normalized spacial score (nSPS) is 22.2. The second kappa shape index (κ2) is 29.6. The van der Waals surface area contributed by atoms with Gasteiger partial charge in [0.15, 0.2) is 12.5 Å². The molecule has 5 fully saturated rings. The van der Waals surface area contributed by atoms with Crippen LogP contribution in [0.4, 0.5) is 5.82 Å². The molecule has 3 aliphatic heterocycles. The summed E-state index contributed by atoms with van der Waals surface area (Å²) in [6.45, 7) is 9.37. The number of nitrogens with two attached hydrogens (primary N) is 5. The SMILES string of the molecule is CC1CCC(Cc2ccc(-c3ccc(C4CNC4)cc3)c(-c3nn[nH]n3)c2S(N)(=O)=O)CC1.CC1CCC(Cc2ccc(-c3ccc(N)nc3)c(-c3nn[nH]n3)c2S(N)(=O)=O)CC1.NCC1CCC(c2ccc(CC3CCNCC3)c(S(N)(=O)=O)c2C2=NCN=N2)CC1. The Morgan fingerprint density at radius 3 is 1.41 bits per heavy atom. The number of aromatic nitrogens is 9. The topological polar surface area (TPSA) is 415 Å². The van der Waals surface area contributed by atoms with Gasteiger partial charge in [0, 0.05) is 36.3 Å². The van der Waals surface area contributed by atoms with Crippen LogP contribution in [0.1, 0.15) is 149 Å². The summed E-state index contributed by atoms with van der Waals surface area (Å²) in [6, 6.07) is 23.4. The Morgan fingerprint density at radius 2 is 0.978 bits per heavy atom. The number of nitrogen functional groups attached to an aromatic ring is 1. The number of nitrogens with one attached hydrogen (secondary N) is 4. The zero-order valence-corrected chi connectivity index (χ0v) is 55.4. The van der Waals surface area contributed by atoms with Gasteiger partial charge in [0.05, 0.1) is 25.8 Å². The van der Waals surface area contributed by atoms with Gasteiger partial charge >= 0.3 is 0 Å². The van der Waals surface area contributed by atoms with E-state index >= 15 is 0 Å². The predicted octanol–water partition coefficient (Wildman–Crippen LogP) is 8.04. The number of nitrogens with zero attached hydrogens (tertiary/aromatic N) is 10. The monoisotopic (exact) mass is 1330 g/mol. The Hall–Kier alpha value is -7.15. The smallest absolute Gasteiger partial charge is 0.239 e. The highest BCUT2D eigenvalue weighted by molar-refractivity contribution is 7.90. The number of amidine groups is 1. The first-order chi connectivity index (χ1) is 44.7. The van der Waals surface area contributed by atoms with Gasteiger partial charge in [-0.15, -0.1) is 25.5 Å². The van der Waals surface area contributed by atoms with Crippen LogP contribution in [0.25, 0.3) is 45.0 Å². The average molecular weight is 1330 g/mol. The Bertz CT molecular complexity index is 4100. The minimum absolute atomic E-state index is 0.0526. The van der Waals surface area contributed by atoms with E-state index in [4.69, 9.17) is 26.9 Å². The lowest BCUT2D eigenvalue weighted by molar-refractivity contribution is 0.288. The maximum atomic E-state index is 12.9. The lowest BCUT2D eigenvalue weighted by Gasteiger charge is -2.30. The molecule has 28 heteroatoms. The molecule has 496 valence electrons. The number of piperidine rings is 1. The van der Waals surface area contributed by atoms with Crippen molar-refractivity contribution in [3.63, 3.8) is 0 Å². The number of H-pyrrole nitrogens is 2. The third-order valence-corrected chi connectivity index (χ3v) is 23.0. The number of pyridine rings is 1. The second-order valence-corrected chi connectivity index (χ2v) is 30.9. The van der Waals surface area contributed by atoms with Gasteiger partial charge in [-0.25, -0.2) is 50.6 Å². The largest absolute Gasteiger partial charge is 0.384 e. The first kappa shape index (κ1) is 67.3. The van der Waals surface area contributed by atoms with E-state index in [9.17, 15) is 25.3 Å². The van der Waals surface area contributed by atoms with Gasteiger partial charge in [0.2, 0.25) is 41.7 Å². The van der Waals surface area contributed by atoms with E-state index < -0.39 is 30.1 Å². The first-order valence-electron chi connectivity index (χ1n) is 32.6. The number of hydrogen-bond donors (Lipinski definition) is 9. The van der Waals surface area contributed by atoms with E-state index in [1.807, 2.05) is 42.5 Å². The van der Waals surface area contributed by atoms with Crippen LogP contribution in [0, 0.1) is 35.5 Å². The fourth-order valence-electron chi connectivity index (χ4n) is 14.6. The molecule has 0 spiro atoms. The fraction of sp³-hybridized carbons (Fsp3) is 0.508. The van der Waals surface area contributed by atoms with Crippen LogP contribution in [0.2, 0.25) is 0 Å². The average Bonchev–Trinajstić information content (AvgIpc) is 1.59. The minimum atomic E-state index is -4.06. The zero-order chi connectivity index (χ0) is 65.4. The second-order valence-electron chi connectivity index (χ2n) is 26.4. The molecule has 14 N–H and O–H groups in total. The lowest BCUT2D eigenvalue weighted by Crippen LogP contribution is -2.39. The Morgan fingerprint density at radius 1 is 0.505 bits per heavy atom. The standard InChI is InChI=1S/C24H30N6O2S.C21H32N6O2S.C20H25N7O2S/c1-15-2-4-16(5-3-15)12-19-10-11-21(18-8-6-17(7-9-18)20-13-26-14-20)22(23(19)33(25,31)32)24-27-29-30-28-24;22-12-15-1-3-16(4-2-15)18-6-5-17(11-14-7-9-24-10-8-14)20(30(23,28)29)19(18)21-25-13-26-27-21;1-12-2-4-13(5-3-12)10-14-6-8-16(15-7-9-17(21)23-11-15)18(19(14)30(22,28)29)20-24-26-27-25-20/h6-11,15-16,20,26H,2-5,12-14H2,1H3,(H2,25,31,32)(H,27,28,29,30);5-6,14-16,24H,1-4,7-13,22H2,(H2,23,28,29);6-9,11-13H,2-5,10H2,1H3,(H2,21,23)(H2,22,28,29)(H,24,25,26,27). The molecule has 25 nitrogen and oxygen atoms in total. The first-order valence-corrected chi connectivity index (χ1v) is 37.2. The van der Waals surface area contributed by atoms with Crippen molar-refractivity contribution in [3.8, 4) is 45.0 Å². The van der Waals surface area contributed by atoms with Gasteiger partial charge in [-0.3, -0.25) is 0 Å². The van der Waals surface area contributed by atoms with Crippen molar-refractivity contribution < 1.29 is 25.3 Å². The van der Waals surface area contributed by atoms with Gasteiger partial charge in [-0.2, -0.15) is 15.5 Å². The van der Waals surface area contributed by atoms with E-state index in [1.165, 1.54) is 18.4 Å². The molecule has 7 aromatic rings. The molecule has 6 heterocycles. The quantitative estimate of drug-likeness (QED) is 0.0416. The number of anilines is 1. The van der Waals surface area contributed by atoms with Gasteiger partial charge in [0.25, 0.3) is 0 Å². The van der Waals surface area contributed by atoms with Crippen molar-refractivity contribution in [1.29, 1.82) is 0 Å². The highest BCUT2D eigenvalue weighted by Crippen LogP contribution is 2.44. The maximum absolute atomic E-state index is 12.9. The van der Waals surface area contributed by atoms with E-state index in [0.717, 1.165) is 137 Å². The molecule has 3 saturated carbocycles. The van der Waals surface area contributed by atoms with Crippen LogP contribution in [-0.2, 0) is 49.3 Å². The van der Waals surface area contributed by atoms with Crippen LogP contribution in [0.3, 0.4) is 0 Å². The van der Waals surface area contributed by atoms with Crippen molar-refractivity contribution in [2.75, 3.05) is 45.1 Å². The molecule has 3 aromatic heterocycles. The van der Waals surface area contributed by atoms with Crippen LogP contribution >= 0.6 is 0 Å². The highest BCUT2D eigenvalue weighted by Gasteiger charge is 2.35. The summed E-state index contributed by atoms with van der Waals surface area (Å²) in [5.41, 5.74) is 20.3. The molecule has 13 rings (SSSR count). The van der Waals surface area contributed by atoms with Crippen molar-refractivity contribution in [3.05, 3.63) is 112 Å². The third kappa shape index (κ3) is 16.3. The molecule has 6 aliphatic rings. The molecule has 0 radical (unpaired) electrons. The number of benzene rings is 4. The van der Waals surface area contributed by atoms with E-state index in [-0.39, 0.29) is 38.9 Å². The van der Waals surface area contributed by atoms with Gasteiger partial charge in [-0.05, 0) is 212 Å². The Kier molecular flexibility index (Phi) is 21.4. The minimum Gasteiger partial charge on any atom is -0.384 e. The summed E-state index contributed by atoms with van der Waals surface area (Å²) in [7, 11) is -12.0. The van der Waals surface area contributed by atoms with Crippen LogP contribution in [-0.4, -0.2) is 117 Å². The Balaban J connectivity index is 0.000000143. The zero-order valence-electron chi connectivity index (χ0n) is 52.9.